The fraction of sp³-hybridized carbons (Fsp3) is 0.917. The Morgan fingerprint density at radius 3 is 1.40 bits per heavy atom. The van der Waals surface area contributed by atoms with Gasteiger partial charge in [0.05, 0.1) is 6.17 Å². The van der Waals surface area contributed by atoms with Gasteiger partial charge in [-0.2, -0.15) is 0 Å². The zero-order chi connectivity index (χ0) is 11.0. The average Bonchev–Trinajstić information content (AvgIpc) is 2.21. The quantitative estimate of drug-likeness (QED) is 0.496. The van der Waals surface area contributed by atoms with Crippen molar-refractivity contribution in [1.82, 2.24) is 9.80 Å². The predicted octanol–water partition coefficient (Wildman–Crippen LogP) is 1.69. The summed E-state index contributed by atoms with van der Waals surface area (Å²) in [6.07, 6.45) is 2.80. The molecule has 15 heavy (non-hydrogen) atoms. The first-order valence-electron chi connectivity index (χ1n) is 6.02. The van der Waals surface area contributed by atoms with E-state index < -0.39 is 0 Å². The Kier molecular flexibility index (Phi) is 13.5. The molecule has 0 spiro atoms. The first-order valence-corrected chi connectivity index (χ1v) is 6.02. The number of rotatable bonds is 8. The molecular formula is C12H29N2Sn. The van der Waals surface area contributed by atoms with Crippen LogP contribution in [0.3, 0.4) is 0 Å². The molecule has 3 heteroatoms. The molecule has 0 bridgehead atoms. The van der Waals surface area contributed by atoms with E-state index in [9.17, 15) is 0 Å². The Bertz CT molecular complexity index is 111. The minimum absolute atomic E-state index is 0. The van der Waals surface area contributed by atoms with Crippen LogP contribution in [-0.4, -0.2) is 66.1 Å². The number of hydrogen-bond acceptors (Lipinski definition) is 2. The van der Waals surface area contributed by atoms with Crippen molar-refractivity contribution >= 4 is 23.9 Å². The zero-order valence-electron chi connectivity index (χ0n) is 11.1. The second kappa shape index (κ2) is 11.2. The van der Waals surface area contributed by atoms with E-state index in [-0.39, 0.29) is 23.9 Å². The monoisotopic (exact) mass is 321 g/mol. The summed E-state index contributed by atoms with van der Waals surface area (Å²) >= 11 is 0. The van der Waals surface area contributed by atoms with Gasteiger partial charge in [-0.3, -0.25) is 9.80 Å². The molecule has 2 nitrogen and oxygen atoms in total. The maximum absolute atomic E-state index is 3.97. The summed E-state index contributed by atoms with van der Waals surface area (Å²) in [5, 5.41) is 0. The van der Waals surface area contributed by atoms with Crippen LogP contribution in [0.4, 0.5) is 0 Å². The molecule has 0 aliphatic heterocycles. The Balaban J connectivity index is 0. The Labute approximate surface area is 113 Å². The average molecular weight is 320 g/mol. The summed E-state index contributed by atoms with van der Waals surface area (Å²) in [7, 11) is 0. The second-order valence-corrected chi connectivity index (χ2v) is 3.57. The van der Waals surface area contributed by atoms with Crippen molar-refractivity contribution in [3.8, 4) is 0 Å². The van der Waals surface area contributed by atoms with Crippen LogP contribution in [0.5, 0.6) is 0 Å². The SMILES string of the molecule is [CH2]CCC(N(CC)CC)N(CC)CC.[SnH2]. The molecule has 0 aromatic heterocycles. The van der Waals surface area contributed by atoms with Crippen molar-refractivity contribution in [3.05, 3.63) is 6.92 Å². The first-order chi connectivity index (χ1) is 6.74. The standard InChI is InChI=1S/C12H27N2.Sn.2H/c1-6-11-12(13(7-2)8-3)14(9-4)10-5;;;/h12H,1,6-11H2,2-5H3;;;. The van der Waals surface area contributed by atoms with E-state index in [1.165, 1.54) is 6.42 Å². The molecule has 0 aliphatic rings. The second-order valence-electron chi connectivity index (χ2n) is 3.57. The predicted molar refractivity (Wildman–Crippen MR) is 72.8 cm³/mol. The molecule has 0 aromatic carbocycles. The Morgan fingerprint density at radius 2 is 1.20 bits per heavy atom. The molecule has 0 atom stereocenters. The molecular weight excluding hydrogens is 291 g/mol. The van der Waals surface area contributed by atoms with Crippen LogP contribution in [0, 0.1) is 6.92 Å². The first kappa shape index (κ1) is 18.1. The molecule has 0 aromatic rings. The summed E-state index contributed by atoms with van der Waals surface area (Å²) in [6, 6.07) is 0. The minimum atomic E-state index is 0. The van der Waals surface area contributed by atoms with Crippen LogP contribution in [0.25, 0.3) is 0 Å². The van der Waals surface area contributed by atoms with E-state index in [4.69, 9.17) is 0 Å². The molecule has 0 unspecified atom stereocenters. The van der Waals surface area contributed by atoms with Gasteiger partial charge in [-0.1, -0.05) is 41.0 Å². The van der Waals surface area contributed by atoms with E-state index in [1.807, 2.05) is 0 Å². The van der Waals surface area contributed by atoms with Crippen LogP contribution in [0.15, 0.2) is 0 Å². The van der Waals surface area contributed by atoms with Gasteiger partial charge in [0, 0.05) is 0 Å². The van der Waals surface area contributed by atoms with Crippen molar-refractivity contribution < 1.29 is 0 Å². The zero-order valence-corrected chi connectivity index (χ0v) is 15.2. The fourth-order valence-electron chi connectivity index (χ4n) is 2.07. The number of nitrogens with zero attached hydrogens (tertiary/aromatic N) is 2. The Hall–Kier alpha value is 0.719. The fourth-order valence-corrected chi connectivity index (χ4v) is 2.07. The summed E-state index contributed by atoms with van der Waals surface area (Å²) < 4.78 is 0. The summed E-state index contributed by atoms with van der Waals surface area (Å²) in [4.78, 5) is 5.05. The van der Waals surface area contributed by atoms with Gasteiger partial charge < -0.3 is 0 Å². The van der Waals surface area contributed by atoms with E-state index >= 15 is 0 Å². The van der Waals surface area contributed by atoms with Gasteiger partial charge in [0.1, 0.15) is 0 Å². The van der Waals surface area contributed by atoms with Crippen LogP contribution in [-0.2, 0) is 0 Å². The molecule has 0 saturated carbocycles. The van der Waals surface area contributed by atoms with Crippen molar-refractivity contribution in [3.63, 3.8) is 0 Å². The van der Waals surface area contributed by atoms with E-state index in [2.05, 4.69) is 44.4 Å². The van der Waals surface area contributed by atoms with Crippen molar-refractivity contribution in [2.45, 2.75) is 46.7 Å². The van der Waals surface area contributed by atoms with E-state index in [0.717, 1.165) is 32.6 Å². The van der Waals surface area contributed by atoms with Crippen molar-refractivity contribution in [2.24, 2.45) is 0 Å². The molecule has 91 valence electrons. The Morgan fingerprint density at radius 1 is 0.867 bits per heavy atom. The van der Waals surface area contributed by atoms with Gasteiger partial charge in [-0.25, -0.2) is 0 Å². The summed E-state index contributed by atoms with van der Waals surface area (Å²) in [6.45, 7) is 17.5. The molecule has 0 aliphatic carbocycles. The molecule has 0 N–H and O–H groups in total. The van der Waals surface area contributed by atoms with Gasteiger partial charge in [0.15, 0.2) is 0 Å². The van der Waals surface area contributed by atoms with Crippen molar-refractivity contribution in [1.29, 1.82) is 0 Å². The number of hydrogen-bond donors (Lipinski definition) is 0. The van der Waals surface area contributed by atoms with Gasteiger partial charge in [0.25, 0.3) is 0 Å². The van der Waals surface area contributed by atoms with Crippen LogP contribution < -0.4 is 0 Å². The third kappa shape index (κ3) is 6.12. The normalized spacial score (nSPS) is 11.2. The maximum atomic E-state index is 3.97. The molecule has 0 fully saturated rings. The third-order valence-electron chi connectivity index (χ3n) is 2.93. The third-order valence-corrected chi connectivity index (χ3v) is 2.93. The van der Waals surface area contributed by atoms with Gasteiger partial charge in [-0.05, 0) is 32.6 Å². The summed E-state index contributed by atoms with van der Waals surface area (Å²) in [5.74, 6) is 0. The van der Waals surface area contributed by atoms with Crippen LogP contribution >= 0.6 is 0 Å². The van der Waals surface area contributed by atoms with Crippen LogP contribution in [0.1, 0.15) is 40.5 Å². The van der Waals surface area contributed by atoms with E-state index in [0.29, 0.717) is 6.17 Å². The summed E-state index contributed by atoms with van der Waals surface area (Å²) in [5.41, 5.74) is 0. The molecule has 0 heterocycles. The van der Waals surface area contributed by atoms with Gasteiger partial charge >= 0.3 is 23.9 Å². The molecule has 0 amide bonds. The van der Waals surface area contributed by atoms with Crippen LogP contribution in [0.2, 0.25) is 0 Å². The molecule has 0 saturated heterocycles. The van der Waals surface area contributed by atoms with E-state index in [1.54, 1.807) is 0 Å². The molecule has 0 rings (SSSR count). The topological polar surface area (TPSA) is 6.48 Å². The van der Waals surface area contributed by atoms with Gasteiger partial charge in [0.2, 0.25) is 0 Å². The van der Waals surface area contributed by atoms with Gasteiger partial charge in [-0.15, -0.1) is 0 Å². The van der Waals surface area contributed by atoms with Crippen molar-refractivity contribution in [2.75, 3.05) is 26.2 Å². The molecule has 3 radical (unpaired) electrons.